The average molecular weight is 251 g/mol. The van der Waals surface area contributed by atoms with Gasteiger partial charge in [-0.15, -0.1) is 6.42 Å². The molecule has 0 heterocycles. The maximum Gasteiger partial charge on any atom is 0.316 e. The average Bonchev–Trinajstić information content (AvgIpc) is 2.34. The molecule has 1 aromatic rings. The Kier molecular flexibility index (Phi) is 5.38. The fourth-order valence-electron chi connectivity index (χ4n) is 1.46. The topological polar surface area (TPSA) is 41.1 Å². The molecule has 0 aliphatic heterocycles. The lowest BCUT2D eigenvalue weighted by Crippen LogP contribution is -2.37. The van der Waals surface area contributed by atoms with Crippen LogP contribution in [0.2, 0.25) is 5.02 Å². The van der Waals surface area contributed by atoms with E-state index in [-0.39, 0.29) is 18.6 Å². The summed E-state index contributed by atoms with van der Waals surface area (Å²) in [5, 5.41) is 6.10. The summed E-state index contributed by atoms with van der Waals surface area (Å²) in [5.41, 5.74) is 1.02. The zero-order valence-electron chi connectivity index (χ0n) is 9.66. The second-order valence-electron chi connectivity index (χ2n) is 3.54. The molecule has 0 bridgehead atoms. The zero-order chi connectivity index (χ0) is 12.7. The van der Waals surface area contributed by atoms with Gasteiger partial charge in [0.15, 0.2) is 0 Å². The highest BCUT2D eigenvalue weighted by Crippen LogP contribution is 2.18. The van der Waals surface area contributed by atoms with E-state index in [1.807, 2.05) is 19.1 Å². The van der Waals surface area contributed by atoms with E-state index >= 15 is 0 Å². The summed E-state index contributed by atoms with van der Waals surface area (Å²) in [6, 6.07) is 7.12. The van der Waals surface area contributed by atoms with Crippen molar-refractivity contribution in [1.82, 2.24) is 10.6 Å². The number of carbonyl (C=O) groups is 1. The number of urea groups is 1. The zero-order valence-corrected chi connectivity index (χ0v) is 10.4. The van der Waals surface area contributed by atoms with Crippen LogP contribution in [0.25, 0.3) is 0 Å². The van der Waals surface area contributed by atoms with Crippen LogP contribution in [0, 0.1) is 12.3 Å². The van der Waals surface area contributed by atoms with Crippen molar-refractivity contribution in [3.8, 4) is 12.3 Å². The first-order chi connectivity index (χ1) is 8.17. The molecule has 2 amide bonds. The molecule has 0 aliphatic carbocycles. The highest BCUT2D eigenvalue weighted by molar-refractivity contribution is 6.30. The molecule has 17 heavy (non-hydrogen) atoms. The Morgan fingerprint density at radius 2 is 2.12 bits per heavy atom. The fraction of sp³-hybridized carbons (Fsp3) is 0.308. The first kappa shape index (κ1) is 13.4. The van der Waals surface area contributed by atoms with Gasteiger partial charge in [0.05, 0.1) is 12.6 Å². The minimum atomic E-state index is -0.259. The third-order valence-corrected chi connectivity index (χ3v) is 2.59. The molecule has 1 aromatic carbocycles. The smallest absolute Gasteiger partial charge is 0.316 e. The largest absolute Gasteiger partial charge is 0.331 e. The molecule has 0 aliphatic rings. The number of terminal acetylenes is 1. The van der Waals surface area contributed by atoms with Crippen LogP contribution in [0.1, 0.15) is 24.9 Å². The molecule has 0 aromatic heterocycles. The minimum absolute atomic E-state index is 0.0370. The highest BCUT2D eigenvalue weighted by Gasteiger charge is 2.11. The van der Waals surface area contributed by atoms with Gasteiger partial charge in [-0.2, -0.15) is 0 Å². The van der Waals surface area contributed by atoms with Gasteiger partial charge in [0.25, 0.3) is 0 Å². The van der Waals surface area contributed by atoms with Crippen LogP contribution >= 0.6 is 11.6 Å². The van der Waals surface area contributed by atoms with Crippen molar-refractivity contribution in [2.24, 2.45) is 0 Å². The molecule has 4 heteroatoms. The van der Waals surface area contributed by atoms with Gasteiger partial charge in [-0.05, 0) is 24.1 Å². The van der Waals surface area contributed by atoms with Crippen LogP contribution in [0.4, 0.5) is 4.79 Å². The number of benzene rings is 1. The molecule has 1 atom stereocenters. The van der Waals surface area contributed by atoms with Crippen molar-refractivity contribution in [1.29, 1.82) is 0 Å². The number of halogens is 1. The Balaban J connectivity index is 2.63. The Labute approximate surface area is 107 Å². The van der Waals surface area contributed by atoms with Crippen LogP contribution in [0.3, 0.4) is 0 Å². The van der Waals surface area contributed by atoms with E-state index in [2.05, 4.69) is 16.6 Å². The molecule has 0 saturated heterocycles. The summed E-state index contributed by atoms with van der Waals surface area (Å²) in [6.07, 6.45) is 5.86. The SMILES string of the molecule is C#CCNC(=O)N[C@@H](CC)c1ccc(Cl)cc1. The summed E-state index contributed by atoms with van der Waals surface area (Å²) in [6.45, 7) is 2.23. The molecule has 0 radical (unpaired) electrons. The van der Waals surface area contributed by atoms with E-state index in [0.29, 0.717) is 5.02 Å². The van der Waals surface area contributed by atoms with Gasteiger partial charge >= 0.3 is 6.03 Å². The van der Waals surface area contributed by atoms with E-state index in [1.165, 1.54) is 0 Å². The number of hydrogen-bond acceptors (Lipinski definition) is 1. The molecule has 0 spiro atoms. The van der Waals surface area contributed by atoms with Crippen LogP contribution in [-0.4, -0.2) is 12.6 Å². The molecule has 90 valence electrons. The summed E-state index contributed by atoms with van der Waals surface area (Å²) in [4.78, 5) is 11.5. The Hall–Kier alpha value is -1.66. The quantitative estimate of drug-likeness (QED) is 0.793. The van der Waals surface area contributed by atoms with E-state index in [1.54, 1.807) is 12.1 Å². The predicted molar refractivity (Wildman–Crippen MR) is 69.9 cm³/mol. The van der Waals surface area contributed by atoms with Gasteiger partial charge in [-0.3, -0.25) is 0 Å². The second-order valence-corrected chi connectivity index (χ2v) is 3.98. The lowest BCUT2D eigenvalue weighted by atomic mass is 10.1. The third-order valence-electron chi connectivity index (χ3n) is 2.34. The maximum atomic E-state index is 11.5. The van der Waals surface area contributed by atoms with Gasteiger partial charge in [0.1, 0.15) is 0 Å². The van der Waals surface area contributed by atoms with Gasteiger partial charge in [-0.25, -0.2) is 4.79 Å². The number of nitrogens with one attached hydrogen (secondary N) is 2. The monoisotopic (exact) mass is 250 g/mol. The standard InChI is InChI=1S/C13H15ClN2O/c1-3-9-15-13(17)16-12(4-2)10-5-7-11(14)8-6-10/h1,5-8,12H,4,9H2,2H3,(H2,15,16,17)/t12-/m0/s1. The normalized spacial score (nSPS) is 11.4. The summed E-state index contributed by atoms with van der Waals surface area (Å²) >= 11 is 5.81. The summed E-state index contributed by atoms with van der Waals surface area (Å²) < 4.78 is 0. The fourth-order valence-corrected chi connectivity index (χ4v) is 1.58. The number of amides is 2. The lowest BCUT2D eigenvalue weighted by Gasteiger charge is -2.17. The van der Waals surface area contributed by atoms with Gasteiger partial charge in [-0.1, -0.05) is 36.6 Å². The van der Waals surface area contributed by atoms with E-state index in [4.69, 9.17) is 18.0 Å². The molecule has 3 nitrogen and oxygen atoms in total. The number of carbonyl (C=O) groups excluding carboxylic acids is 1. The first-order valence-electron chi connectivity index (χ1n) is 5.40. The van der Waals surface area contributed by atoms with Gasteiger partial charge in [0.2, 0.25) is 0 Å². The molecule has 1 rings (SSSR count). The minimum Gasteiger partial charge on any atom is -0.331 e. The second kappa shape index (κ2) is 6.82. The van der Waals surface area contributed by atoms with Crippen LogP contribution < -0.4 is 10.6 Å². The van der Waals surface area contributed by atoms with E-state index in [9.17, 15) is 4.79 Å². The third kappa shape index (κ3) is 4.38. The highest BCUT2D eigenvalue weighted by atomic mass is 35.5. The van der Waals surface area contributed by atoms with E-state index in [0.717, 1.165) is 12.0 Å². The van der Waals surface area contributed by atoms with Crippen molar-refractivity contribution in [2.75, 3.05) is 6.54 Å². The van der Waals surface area contributed by atoms with Crippen molar-refractivity contribution < 1.29 is 4.79 Å². The Morgan fingerprint density at radius 3 is 2.65 bits per heavy atom. The van der Waals surface area contributed by atoms with E-state index < -0.39 is 0 Å². The molecule has 0 unspecified atom stereocenters. The van der Waals surface area contributed by atoms with Crippen molar-refractivity contribution in [3.05, 3.63) is 34.9 Å². The number of hydrogen-bond donors (Lipinski definition) is 2. The molecule has 0 saturated carbocycles. The molecular formula is C13H15ClN2O. The van der Waals surface area contributed by atoms with Crippen LogP contribution in [-0.2, 0) is 0 Å². The van der Waals surface area contributed by atoms with Crippen LogP contribution in [0.15, 0.2) is 24.3 Å². The predicted octanol–water partition coefficient (Wildman–Crippen LogP) is 2.72. The van der Waals surface area contributed by atoms with Gasteiger partial charge in [0, 0.05) is 5.02 Å². The lowest BCUT2D eigenvalue weighted by molar-refractivity contribution is 0.238. The first-order valence-corrected chi connectivity index (χ1v) is 5.78. The molecule has 2 N–H and O–H groups in total. The van der Waals surface area contributed by atoms with Crippen molar-refractivity contribution in [2.45, 2.75) is 19.4 Å². The Bertz CT molecular complexity index is 408. The maximum absolute atomic E-state index is 11.5. The summed E-state index contributed by atoms with van der Waals surface area (Å²) in [7, 11) is 0. The van der Waals surface area contributed by atoms with Crippen LogP contribution in [0.5, 0.6) is 0 Å². The molecule has 0 fully saturated rings. The summed E-state index contributed by atoms with van der Waals surface area (Å²) in [5.74, 6) is 2.35. The van der Waals surface area contributed by atoms with Crippen molar-refractivity contribution in [3.63, 3.8) is 0 Å². The Morgan fingerprint density at radius 1 is 1.47 bits per heavy atom. The van der Waals surface area contributed by atoms with Gasteiger partial charge < -0.3 is 10.6 Å². The number of rotatable bonds is 4. The molecular weight excluding hydrogens is 236 g/mol. The van der Waals surface area contributed by atoms with Crippen molar-refractivity contribution >= 4 is 17.6 Å².